The molecule has 1 heterocycles. The standard InChI is InChI=1S/C14H15N/c1-2-7-12-15(11-6-1)13-10-14-8-4-3-5-9-14/h1-9,11-12H,10,13H2. The minimum atomic E-state index is 1.03. The van der Waals surface area contributed by atoms with Crippen LogP contribution in [-0.4, -0.2) is 11.4 Å². The molecule has 0 atom stereocenters. The zero-order valence-corrected chi connectivity index (χ0v) is 8.71. The average Bonchev–Trinajstić information content (AvgIpc) is 2.56. The van der Waals surface area contributed by atoms with E-state index in [1.165, 1.54) is 5.56 Å². The van der Waals surface area contributed by atoms with E-state index in [1.54, 1.807) is 0 Å². The average molecular weight is 197 g/mol. The van der Waals surface area contributed by atoms with Crippen molar-refractivity contribution in [2.45, 2.75) is 6.42 Å². The molecule has 76 valence electrons. The molecule has 1 aliphatic heterocycles. The van der Waals surface area contributed by atoms with E-state index >= 15 is 0 Å². The maximum absolute atomic E-state index is 2.20. The SMILES string of the molecule is C1=CC=CN(CCc2ccccc2)C=C1. The molecule has 1 aliphatic rings. The van der Waals surface area contributed by atoms with Gasteiger partial charge in [0.1, 0.15) is 0 Å². The molecule has 15 heavy (non-hydrogen) atoms. The molecule has 0 amide bonds. The fourth-order valence-electron chi connectivity index (χ4n) is 1.55. The van der Waals surface area contributed by atoms with Crippen LogP contribution in [0, 0.1) is 0 Å². The lowest BCUT2D eigenvalue weighted by molar-refractivity contribution is 0.510. The predicted molar refractivity (Wildman–Crippen MR) is 64.3 cm³/mol. The molecule has 0 unspecified atom stereocenters. The first kappa shape index (κ1) is 9.78. The van der Waals surface area contributed by atoms with Gasteiger partial charge in [-0.25, -0.2) is 0 Å². The Labute approximate surface area is 91.0 Å². The molecule has 0 saturated heterocycles. The molecule has 1 aromatic carbocycles. The molecule has 0 spiro atoms. The van der Waals surface area contributed by atoms with Gasteiger partial charge in [0.2, 0.25) is 0 Å². The van der Waals surface area contributed by atoms with Crippen LogP contribution in [0.3, 0.4) is 0 Å². The number of benzene rings is 1. The predicted octanol–water partition coefficient (Wildman–Crippen LogP) is 3.13. The quantitative estimate of drug-likeness (QED) is 0.719. The maximum atomic E-state index is 2.20. The number of hydrogen-bond donors (Lipinski definition) is 0. The molecular formula is C14H15N. The summed E-state index contributed by atoms with van der Waals surface area (Å²) >= 11 is 0. The third-order valence-electron chi connectivity index (χ3n) is 2.39. The smallest absolute Gasteiger partial charge is 0.0260 e. The van der Waals surface area contributed by atoms with Crippen molar-refractivity contribution in [1.29, 1.82) is 0 Å². The lowest BCUT2D eigenvalue weighted by atomic mass is 10.1. The highest BCUT2D eigenvalue weighted by Gasteiger charge is 1.96. The van der Waals surface area contributed by atoms with Crippen molar-refractivity contribution < 1.29 is 0 Å². The van der Waals surface area contributed by atoms with Crippen LogP contribution in [0.1, 0.15) is 5.56 Å². The highest BCUT2D eigenvalue weighted by atomic mass is 15.1. The van der Waals surface area contributed by atoms with Crippen molar-refractivity contribution in [3.63, 3.8) is 0 Å². The van der Waals surface area contributed by atoms with Gasteiger partial charge in [-0.15, -0.1) is 0 Å². The molecular weight excluding hydrogens is 182 g/mol. The summed E-state index contributed by atoms with van der Waals surface area (Å²) in [5.41, 5.74) is 1.39. The second-order valence-corrected chi connectivity index (χ2v) is 3.54. The van der Waals surface area contributed by atoms with Gasteiger partial charge in [0.25, 0.3) is 0 Å². The summed E-state index contributed by atoms with van der Waals surface area (Å²) in [5, 5.41) is 0. The Balaban J connectivity index is 1.88. The van der Waals surface area contributed by atoms with Crippen molar-refractivity contribution >= 4 is 0 Å². The summed E-state index contributed by atoms with van der Waals surface area (Å²) in [6.07, 6.45) is 13.5. The van der Waals surface area contributed by atoms with Crippen molar-refractivity contribution in [3.05, 3.63) is 72.6 Å². The number of allylic oxidation sites excluding steroid dienone is 4. The van der Waals surface area contributed by atoms with Gasteiger partial charge in [-0.2, -0.15) is 0 Å². The molecule has 0 aromatic heterocycles. The first-order valence-corrected chi connectivity index (χ1v) is 5.26. The third kappa shape index (κ3) is 3.13. The monoisotopic (exact) mass is 197 g/mol. The molecule has 1 nitrogen and oxygen atoms in total. The minimum Gasteiger partial charge on any atom is -0.354 e. The van der Waals surface area contributed by atoms with Gasteiger partial charge in [0, 0.05) is 18.9 Å². The zero-order chi connectivity index (χ0) is 10.3. The molecule has 0 N–H and O–H groups in total. The fraction of sp³-hybridized carbons (Fsp3) is 0.143. The van der Waals surface area contributed by atoms with Crippen LogP contribution < -0.4 is 0 Å². The van der Waals surface area contributed by atoms with E-state index in [-0.39, 0.29) is 0 Å². The lowest BCUT2D eigenvalue weighted by Crippen LogP contribution is -2.12. The van der Waals surface area contributed by atoms with Gasteiger partial charge in [0.05, 0.1) is 0 Å². The first-order chi connectivity index (χ1) is 7.45. The van der Waals surface area contributed by atoms with Crippen LogP contribution in [0.15, 0.2) is 67.0 Å². The van der Waals surface area contributed by atoms with Gasteiger partial charge in [-0.3, -0.25) is 0 Å². The topological polar surface area (TPSA) is 3.24 Å². The normalized spacial score (nSPS) is 14.3. The second-order valence-electron chi connectivity index (χ2n) is 3.54. The summed E-state index contributed by atoms with van der Waals surface area (Å²) in [6.45, 7) is 1.03. The summed E-state index contributed by atoms with van der Waals surface area (Å²) in [7, 11) is 0. The molecule has 2 rings (SSSR count). The highest BCUT2D eigenvalue weighted by Crippen LogP contribution is 2.04. The lowest BCUT2D eigenvalue weighted by Gasteiger charge is -2.14. The fourth-order valence-corrected chi connectivity index (χ4v) is 1.55. The van der Waals surface area contributed by atoms with Crippen molar-refractivity contribution in [2.75, 3.05) is 6.54 Å². The zero-order valence-electron chi connectivity index (χ0n) is 8.71. The summed E-state index contributed by atoms with van der Waals surface area (Å²) in [4.78, 5) is 2.20. The number of nitrogens with zero attached hydrogens (tertiary/aromatic N) is 1. The highest BCUT2D eigenvalue weighted by molar-refractivity contribution is 5.17. The van der Waals surface area contributed by atoms with Crippen LogP contribution in [0.5, 0.6) is 0 Å². The summed E-state index contributed by atoms with van der Waals surface area (Å²) in [6, 6.07) is 10.6. The molecule has 0 fully saturated rings. The van der Waals surface area contributed by atoms with Crippen LogP contribution in [0.4, 0.5) is 0 Å². The number of hydrogen-bond acceptors (Lipinski definition) is 1. The van der Waals surface area contributed by atoms with Gasteiger partial charge in [0.15, 0.2) is 0 Å². The van der Waals surface area contributed by atoms with E-state index < -0.39 is 0 Å². The summed E-state index contributed by atoms with van der Waals surface area (Å²) in [5.74, 6) is 0. The maximum Gasteiger partial charge on any atom is 0.0260 e. The Morgan fingerprint density at radius 2 is 1.47 bits per heavy atom. The number of rotatable bonds is 3. The van der Waals surface area contributed by atoms with Gasteiger partial charge < -0.3 is 4.90 Å². The minimum absolute atomic E-state index is 1.03. The van der Waals surface area contributed by atoms with Crippen LogP contribution in [0.25, 0.3) is 0 Å². The molecule has 0 saturated carbocycles. The van der Waals surface area contributed by atoms with Crippen molar-refractivity contribution in [1.82, 2.24) is 4.90 Å². The molecule has 0 radical (unpaired) electrons. The Morgan fingerprint density at radius 3 is 2.13 bits per heavy atom. The Hall–Kier alpha value is -1.76. The van der Waals surface area contributed by atoms with E-state index in [1.807, 2.05) is 12.2 Å². The van der Waals surface area contributed by atoms with Gasteiger partial charge in [-0.1, -0.05) is 42.5 Å². The molecule has 1 heteroatoms. The Morgan fingerprint density at radius 1 is 0.800 bits per heavy atom. The van der Waals surface area contributed by atoms with E-state index in [0.717, 1.165) is 13.0 Å². The van der Waals surface area contributed by atoms with E-state index in [2.05, 4.69) is 59.8 Å². The van der Waals surface area contributed by atoms with E-state index in [0.29, 0.717) is 0 Å². The molecule has 0 bridgehead atoms. The van der Waals surface area contributed by atoms with E-state index in [4.69, 9.17) is 0 Å². The van der Waals surface area contributed by atoms with Crippen molar-refractivity contribution in [2.24, 2.45) is 0 Å². The largest absolute Gasteiger partial charge is 0.354 e. The Kier molecular flexibility index (Phi) is 3.39. The third-order valence-corrected chi connectivity index (χ3v) is 2.39. The second kappa shape index (κ2) is 5.20. The Bertz CT molecular complexity index is 358. The van der Waals surface area contributed by atoms with Crippen LogP contribution in [0.2, 0.25) is 0 Å². The van der Waals surface area contributed by atoms with Crippen LogP contribution in [-0.2, 0) is 6.42 Å². The molecule has 0 aliphatic carbocycles. The summed E-state index contributed by atoms with van der Waals surface area (Å²) < 4.78 is 0. The van der Waals surface area contributed by atoms with Crippen molar-refractivity contribution in [3.8, 4) is 0 Å². The van der Waals surface area contributed by atoms with Gasteiger partial charge >= 0.3 is 0 Å². The van der Waals surface area contributed by atoms with E-state index in [9.17, 15) is 0 Å². The van der Waals surface area contributed by atoms with Gasteiger partial charge in [-0.05, 0) is 24.1 Å². The first-order valence-electron chi connectivity index (χ1n) is 5.26. The molecule has 1 aromatic rings. The van der Waals surface area contributed by atoms with Crippen LogP contribution >= 0.6 is 0 Å².